The summed E-state index contributed by atoms with van der Waals surface area (Å²) in [7, 11) is 0. The van der Waals surface area contributed by atoms with Gasteiger partial charge in [0.25, 0.3) is 0 Å². The predicted molar refractivity (Wildman–Crippen MR) is 201 cm³/mol. The molecule has 3 unspecified atom stereocenters. The maximum Gasteiger partial charge on any atom is 0.160 e. The van der Waals surface area contributed by atoms with E-state index in [9.17, 15) is 0 Å². The molecule has 3 heteroatoms. The first-order chi connectivity index (χ1) is 24.8. The lowest BCUT2D eigenvalue weighted by Gasteiger charge is -2.43. The van der Waals surface area contributed by atoms with Gasteiger partial charge in [-0.25, -0.2) is 9.97 Å². The molecule has 3 aliphatic rings. The summed E-state index contributed by atoms with van der Waals surface area (Å²) in [5.41, 5.74) is 11.9. The molecule has 236 valence electrons. The summed E-state index contributed by atoms with van der Waals surface area (Å²) in [4.78, 5) is 10.2. The van der Waals surface area contributed by atoms with E-state index in [4.69, 9.17) is 14.7 Å². The van der Waals surface area contributed by atoms with Gasteiger partial charge in [0.1, 0.15) is 11.5 Å². The lowest BCUT2D eigenvalue weighted by molar-refractivity contribution is 0.374. The van der Waals surface area contributed by atoms with Gasteiger partial charge in [-0.05, 0) is 46.5 Å². The van der Waals surface area contributed by atoms with Crippen LogP contribution in [0.2, 0.25) is 0 Å². The molecule has 0 saturated heterocycles. The highest BCUT2D eigenvalue weighted by atomic mass is 16.5. The Balaban J connectivity index is 1.11. The molecule has 2 aliphatic carbocycles. The second kappa shape index (κ2) is 11.4. The largest absolute Gasteiger partial charge is 0.457 e. The Morgan fingerprint density at radius 2 is 1.04 bits per heavy atom. The number of para-hydroxylation sites is 1. The maximum atomic E-state index is 6.80. The van der Waals surface area contributed by atoms with Crippen molar-refractivity contribution in [1.29, 1.82) is 0 Å². The third-order valence-corrected chi connectivity index (χ3v) is 10.6. The molecule has 0 amide bonds. The lowest BCUT2D eigenvalue weighted by Crippen LogP contribution is -2.37. The molecule has 0 saturated carbocycles. The Morgan fingerprint density at radius 3 is 1.82 bits per heavy atom. The Morgan fingerprint density at radius 1 is 0.440 bits per heavy atom. The third kappa shape index (κ3) is 4.37. The number of rotatable bonds is 4. The van der Waals surface area contributed by atoms with E-state index in [1.807, 2.05) is 36.4 Å². The van der Waals surface area contributed by atoms with Gasteiger partial charge in [0, 0.05) is 39.7 Å². The SMILES string of the molecule is C1=CC2c3ccccc3C3(c4ccccc4Oc4cc(-c5cccc(-c6nc(-c7ccccc7)cc(-c7ccccc7)n6)c5)ccc43)C2C=C1. The minimum absolute atomic E-state index is 0.246. The second-order valence-corrected chi connectivity index (χ2v) is 13.3. The summed E-state index contributed by atoms with van der Waals surface area (Å²) in [6, 6.07) is 55.6. The molecule has 1 spiro atoms. The van der Waals surface area contributed by atoms with Gasteiger partial charge in [0.05, 0.1) is 16.8 Å². The normalized spacial score (nSPS) is 19.3. The van der Waals surface area contributed by atoms with Gasteiger partial charge >= 0.3 is 0 Å². The fourth-order valence-electron chi connectivity index (χ4n) is 8.48. The van der Waals surface area contributed by atoms with Crippen molar-refractivity contribution in [3.63, 3.8) is 0 Å². The van der Waals surface area contributed by atoms with Crippen LogP contribution in [0.5, 0.6) is 11.5 Å². The number of hydrogen-bond acceptors (Lipinski definition) is 3. The van der Waals surface area contributed by atoms with Crippen LogP contribution in [0.4, 0.5) is 0 Å². The van der Waals surface area contributed by atoms with Crippen LogP contribution in [0.15, 0.2) is 182 Å². The van der Waals surface area contributed by atoms with Gasteiger partial charge in [-0.15, -0.1) is 0 Å². The Bertz CT molecular complexity index is 2420. The zero-order chi connectivity index (χ0) is 33.1. The van der Waals surface area contributed by atoms with E-state index in [0.717, 1.165) is 50.7 Å². The molecule has 0 N–H and O–H groups in total. The maximum absolute atomic E-state index is 6.80. The summed E-state index contributed by atoms with van der Waals surface area (Å²) in [6.45, 7) is 0. The Kier molecular flexibility index (Phi) is 6.53. The fraction of sp³-hybridized carbons (Fsp3) is 0.0638. The summed E-state index contributed by atoms with van der Waals surface area (Å²) in [5, 5.41) is 0. The standard InChI is InChI=1S/C47H32N2O/c1-3-14-31(15-4-1)42-30-43(32-16-5-2-6-17-32)49-46(48-42)35-19-13-18-33(28-35)34-26-27-41-45(29-34)50-44-25-12-11-24-40(44)47(41)38-22-9-7-20-36(38)37-21-8-10-23-39(37)47/h1-30,36,38H. The van der Waals surface area contributed by atoms with Crippen molar-refractivity contribution < 1.29 is 4.74 Å². The summed E-state index contributed by atoms with van der Waals surface area (Å²) < 4.78 is 6.80. The minimum Gasteiger partial charge on any atom is -0.457 e. The van der Waals surface area contributed by atoms with Crippen molar-refractivity contribution in [3.05, 3.63) is 204 Å². The van der Waals surface area contributed by atoms with Crippen LogP contribution < -0.4 is 4.74 Å². The van der Waals surface area contributed by atoms with Crippen LogP contribution >= 0.6 is 0 Å². The van der Waals surface area contributed by atoms with Crippen molar-refractivity contribution >= 4 is 0 Å². The van der Waals surface area contributed by atoms with Gasteiger partial charge in [-0.3, -0.25) is 0 Å². The monoisotopic (exact) mass is 640 g/mol. The van der Waals surface area contributed by atoms with E-state index in [-0.39, 0.29) is 11.3 Å². The molecule has 3 atom stereocenters. The molecule has 1 aromatic heterocycles. The molecule has 2 heterocycles. The number of nitrogens with zero attached hydrogens (tertiary/aromatic N) is 2. The number of hydrogen-bond donors (Lipinski definition) is 0. The lowest BCUT2D eigenvalue weighted by atomic mass is 9.62. The number of aromatic nitrogens is 2. The zero-order valence-electron chi connectivity index (χ0n) is 27.3. The molecule has 0 bridgehead atoms. The number of allylic oxidation sites excluding steroid dienone is 4. The van der Waals surface area contributed by atoms with Gasteiger partial charge < -0.3 is 4.74 Å². The van der Waals surface area contributed by atoms with Gasteiger partial charge in [-0.1, -0.05) is 158 Å². The predicted octanol–water partition coefficient (Wildman–Crippen LogP) is 11.4. The minimum atomic E-state index is -0.355. The quantitative estimate of drug-likeness (QED) is 0.192. The summed E-state index contributed by atoms with van der Waals surface area (Å²) in [5.74, 6) is 3.07. The molecule has 0 fully saturated rings. The van der Waals surface area contributed by atoms with Gasteiger partial charge in [-0.2, -0.15) is 0 Å². The molecule has 10 rings (SSSR count). The van der Waals surface area contributed by atoms with E-state index in [2.05, 4.69) is 146 Å². The zero-order valence-corrected chi connectivity index (χ0v) is 27.3. The molecule has 1 aliphatic heterocycles. The number of fused-ring (bicyclic) bond motifs is 9. The van der Waals surface area contributed by atoms with E-state index < -0.39 is 0 Å². The highest BCUT2D eigenvalue weighted by Crippen LogP contribution is 2.64. The molecular formula is C47H32N2O. The first-order valence-electron chi connectivity index (χ1n) is 17.2. The average Bonchev–Trinajstić information content (AvgIpc) is 3.49. The van der Waals surface area contributed by atoms with Crippen LogP contribution in [0.25, 0.3) is 45.0 Å². The highest BCUT2D eigenvalue weighted by molar-refractivity contribution is 5.78. The topological polar surface area (TPSA) is 35.0 Å². The van der Waals surface area contributed by atoms with E-state index in [1.165, 1.54) is 22.3 Å². The summed E-state index contributed by atoms with van der Waals surface area (Å²) >= 11 is 0. The van der Waals surface area contributed by atoms with E-state index >= 15 is 0 Å². The van der Waals surface area contributed by atoms with E-state index in [0.29, 0.717) is 11.7 Å². The highest BCUT2D eigenvalue weighted by Gasteiger charge is 2.56. The van der Waals surface area contributed by atoms with Crippen molar-refractivity contribution in [3.8, 4) is 56.5 Å². The molecule has 3 nitrogen and oxygen atoms in total. The molecular weight excluding hydrogens is 609 g/mol. The van der Waals surface area contributed by atoms with Crippen molar-refractivity contribution in [2.24, 2.45) is 5.92 Å². The Hall–Kier alpha value is -6.32. The molecule has 7 aromatic rings. The van der Waals surface area contributed by atoms with Crippen LogP contribution in [-0.4, -0.2) is 9.97 Å². The average molecular weight is 641 g/mol. The molecule has 50 heavy (non-hydrogen) atoms. The molecule has 6 aromatic carbocycles. The van der Waals surface area contributed by atoms with Gasteiger partial charge in [0.15, 0.2) is 5.82 Å². The summed E-state index contributed by atoms with van der Waals surface area (Å²) in [6.07, 6.45) is 9.18. The van der Waals surface area contributed by atoms with Crippen molar-refractivity contribution in [1.82, 2.24) is 9.97 Å². The van der Waals surface area contributed by atoms with E-state index in [1.54, 1.807) is 0 Å². The first kappa shape index (κ1) is 28.7. The number of ether oxygens (including phenoxy) is 1. The van der Waals surface area contributed by atoms with Crippen molar-refractivity contribution in [2.75, 3.05) is 0 Å². The van der Waals surface area contributed by atoms with Crippen LogP contribution in [0.1, 0.15) is 28.2 Å². The fourth-order valence-corrected chi connectivity index (χ4v) is 8.48. The van der Waals surface area contributed by atoms with Crippen LogP contribution in [-0.2, 0) is 5.41 Å². The van der Waals surface area contributed by atoms with Crippen molar-refractivity contribution in [2.45, 2.75) is 11.3 Å². The first-order valence-corrected chi connectivity index (χ1v) is 17.2. The third-order valence-electron chi connectivity index (χ3n) is 10.6. The van der Waals surface area contributed by atoms with Crippen LogP contribution in [0.3, 0.4) is 0 Å². The molecule has 0 radical (unpaired) electrons. The number of benzene rings is 6. The van der Waals surface area contributed by atoms with Crippen LogP contribution in [0, 0.1) is 5.92 Å². The second-order valence-electron chi connectivity index (χ2n) is 13.3. The Labute approximate surface area is 291 Å². The van der Waals surface area contributed by atoms with Gasteiger partial charge in [0.2, 0.25) is 0 Å². The smallest absolute Gasteiger partial charge is 0.160 e.